The summed E-state index contributed by atoms with van der Waals surface area (Å²) in [5.74, 6) is -1.75. The molecule has 0 aromatic heterocycles. The Morgan fingerprint density at radius 3 is 2.19 bits per heavy atom. The van der Waals surface area contributed by atoms with Crippen LogP contribution in [0.2, 0.25) is 0 Å². The third-order valence-electron chi connectivity index (χ3n) is 5.09. The van der Waals surface area contributed by atoms with E-state index in [4.69, 9.17) is 11.5 Å². The molecule has 1 saturated heterocycles. The minimum Gasteiger partial charge on any atom is -0.368 e. The maximum Gasteiger partial charge on any atom is 0.242 e. The van der Waals surface area contributed by atoms with Crippen LogP contribution in [0.25, 0.3) is 0 Å². The highest BCUT2D eigenvalue weighted by molar-refractivity contribution is 7.90. The molecule has 0 bridgehead atoms. The predicted molar refractivity (Wildman–Crippen MR) is 114 cm³/mol. The molecule has 2 aromatic rings. The fourth-order valence-corrected chi connectivity index (χ4v) is 4.84. The summed E-state index contributed by atoms with van der Waals surface area (Å²) in [4.78, 5) is 35.7. The van der Waals surface area contributed by atoms with Gasteiger partial charge in [0, 0.05) is 6.42 Å². The van der Waals surface area contributed by atoms with Gasteiger partial charge in [-0.2, -0.15) is 0 Å². The number of amides is 3. The molecule has 3 amide bonds. The van der Waals surface area contributed by atoms with Crippen molar-refractivity contribution < 1.29 is 22.8 Å². The highest BCUT2D eigenvalue weighted by Gasteiger charge is 2.37. The van der Waals surface area contributed by atoms with E-state index in [0.29, 0.717) is 17.5 Å². The summed E-state index contributed by atoms with van der Waals surface area (Å²) in [6.45, 7) is 0. The molecule has 0 saturated carbocycles. The monoisotopic (exact) mass is 444 g/mol. The van der Waals surface area contributed by atoms with Crippen molar-refractivity contribution in [1.82, 2.24) is 10.0 Å². The first-order valence-corrected chi connectivity index (χ1v) is 11.2. The summed E-state index contributed by atoms with van der Waals surface area (Å²) in [7, 11) is -3.73. The number of sulfonamides is 1. The summed E-state index contributed by atoms with van der Waals surface area (Å²) in [5.41, 5.74) is 13.4. The second kappa shape index (κ2) is 9.27. The molecule has 0 aliphatic carbocycles. The number of nitrogens with one attached hydrogen (secondary N) is 2. The van der Waals surface area contributed by atoms with E-state index in [1.165, 1.54) is 0 Å². The van der Waals surface area contributed by atoms with E-state index in [9.17, 15) is 22.8 Å². The summed E-state index contributed by atoms with van der Waals surface area (Å²) >= 11 is 0. The molecular formula is C21H24N4O5S. The molecular weight excluding hydrogens is 420 g/mol. The average Bonchev–Trinajstić information content (AvgIpc) is 3.00. The Morgan fingerprint density at radius 2 is 1.65 bits per heavy atom. The molecule has 3 rings (SSSR count). The van der Waals surface area contributed by atoms with E-state index in [-0.39, 0.29) is 12.8 Å². The van der Waals surface area contributed by atoms with Gasteiger partial charge in [-0.1, -0.05) is 54.6 Å². The van der Waals surface area contributed by atoms with Crippen LogP contribution in [0.4, 0.5) is 0 Å². The van der Waals surface area contributed by atoms with Gasteiger partial charge in [0.15, 0.2) is 0 Å². The number of carbonyl (C=O) groups is 3. The van der Waals surface area contributed by atoms with Crippen LogP contribution in [-0.2, 0) is 37.2 Å². The van der Waals surface area contributed by atoms with Crippen molar-refractivity contribution in [3.63, 3.8) is 0 Å². The SMILES string of the molecule is NC(=O)[C@H](Cc1ccc(C2CC(=O)NS2(=O)=O)cc1)NC(=O)[C@@H](N)Cc1ccccc1. The van der Waals surface area contributed by atoms with Gasteiger partial charge in [-0.3, -0.25) is 19.1 Å². The number of primary amides is 1. The Morgan fingerprint density at radius 1 is 1.03 bits per heavy atom. The van der Waals surface area contributed by atoms with Gasteiger partial charge in [-0.05, 0) is 23.1 Å². The largest absolute Gasteiger partial charge is 0.368 e. The zero-order valence-corrected chi connectivity index (χ0v) is 17.5. The van der Waals surface area contributed by atoms with E-state index in [1.54, 1.807) is 24.3 Å². The van der Waals surface area contributed by atoms with E-state index in [2.05, 4.69) is 5.32 Å². The summed E-state index contributed by atoms with van der Waals surface area (Å²) in [5, 5.41) is 1.64. The van der Waals surface area contributed by atoms with Crippen molar-refractivity contribution >= 4 is 27.7 Å². The zero-order valence-electron chi connectivity index (χ0n) is 16.7. The van der Waals surface area contributed by atoms with Crippen molar-refractivity contribution in [2.75, 3.05) is 0 Å². The molecule has 164 valence electrons. The number of nitrogens with two attached hydrogens (primary N) is 2. The highest BCUT2D eigenvalue weighted by atomic mass is 32.2. The topological polar surface area (TPSA) is 161 Å². The summed E-state index contributed by atoms with van der Waals surface area (Å²) in [6.07, 6.45) is 0.296. The Labute approximate surface area is 180 Å². The van der Waals surface area contributed by atoms with E-state index in [1.807, 2.05) is 35.1 Å². The van der Waals surface area contributed by atoms with Crippen molar-refractivity contribution in [2.45, 2.75) is 36.6 Å². The molecule has 6 N–H and O–H groups in total. The van der Waals surface area contributed by atoms with Crippen LogP contribution < -0.4 is 21.5 Å². The van der Waals surface area contributed by atoms with Crippen LogP contribution in [0.1, 0.15) is 28.4 Å². The van der Waals surface area contributed by atoms with Gasteiger partial charge >= 0.3 is 0 Å². The van der Waals surface area contributed by atoms with Gasteiger partial charge in [-0.15, -0.1) is 0 Å². The fraction of sp³-hybridized carbons (Fsp3) is 0.286. The third-order valence-corrected chi connectivity index (χ3v) is 6.79. The van der Waals surface area contributed by atoms with Crippen LogP contribution in [0.15, 0.2) is 54.6 Å². The Bertz CT molecular complexity index is 1070. The quantitative estimate of drug-likeness (QED) is 0.435. The van der Waals surface area contributed by atoms with Crippen molar-refractivity contribution in [1.29, 1.82) is 0 Å². The van der Waals surface area contributed by atoms with Crippen molar-refractivity contribution in [3.8, 4) is 0 Å². The second-order valence-electron chi connectivity index (χ2n) is 7.47. The fourth-order valence-electron chi connectivity index (χ4n) is 3.41. The summed E-state index contributed by atoms with van der Waals surface area (Å²) < 4.78 is 25.9. The normalized spacial score (nSPS) is 19.3. The lowest BCUT2D eigenvalue weighted by molar-refractivity contribution is -0.128. The number of hydrogen-bond acceptors (Lipinski definition) is 6. The van der Waals surface area contributed by atoms with Crippen LogP contribution in [0, 0.1) is 0 Å². The lowest BCUT2D eigenvalue weighted by Crippen LogP contribution is -2.51. The van der Waals surface area contributed by atoms with Crippen LogP contribution >= 0.6 is 0 Å². The number of carbonyl (C=O) groups excluding carboxylic acids is 3. The number of benzene rings is 2. The maximum atomic E-state index is 12.4. The molecule has 10 heteroatoms. The molecule has 3 atom stereocenters. The van der Waals surface area contributed by atoms with E-state index < -0.39 is 45.1 Å². The molecule has 1 heterocycles. The zero-order chi connectivity index (χ0) is 22.6. The van der Waals surface area contributed by atoms with Gasteiger partial charge in [0.25, 0.3) is 0 Å². The van der Waals surface area contributed by atoms with Gasteiger partial charge in [0.1, 0.15) is 11.3 Å². The van der Waals surface area contributed by atoms with Gasteiger partial charge in [0.05, 0.1) is 12.5 Å². The lowest BCUT2D eigenvalue weighted by atomic mass is 10.0. The standard InChI is InChI=1S/C21H24N4O5S/c22-16(10-13-4-2-1-3-5-13)21(28)24-17(20(23)27)11-14-6-8-15(9-7-14)18-12-19(26)25-31(18,29)30/h1-9,16-18H,10-12,22H2,(H2,23,27)(H,24,28)(H,25,26)/t16-,17-,18?/m0/s1. The minimum absolute atomic E-state index is 0.119. The molecule has 0 spiro atoms. The van der Waals surface area contributed by atoms with Gasteiger partial charge in [0.2, 0.25) is 27.7 Å². The Kier molecular flexibility index (Phi) is 6.71. The minimum atomic E-state index is -3.73. The van der Waals surface area contributed by atoms with Crippen LogP contribution in [0.5, 0.6) is 0 Å². The molecule has 1 unspecified atom stereocenters. The molecule has 1 aliphatic rings. The number of rotatable bonds is 8. The Balaban J connectivity index is 1.64. The van der Waals surface area contributed by atoms with Crippen molar-refractivity contribution in [2.24, 2.45) is 11.5 Å². The first kappa shape index (κ1) is 22.4. The van der Waals surface area contributed by atoms with E-state index in [0.717, 1.165) is 5.56 Å². The predicted octanol–water partition coefficient (Wildman–Crippen LogP) is -0.340. The van der Waals surface area contributed by atoms with Crippen LogP contribution in [-0.4, -0.2) is 38.2 Å². The molecule has 2 aromatic carbocycles. The highest BCUT2D eigenvalue weighted by Crippen LogP contribution is 2.30. The molecule has 1 fully saturated rings. The average molecular weight is 445 g/mol. The molecule has 9 nitrogen and oxygen atoms in total. The maximum absolute atomic E-state index is 12.4. The molecule has 31 heavy (non-hydrogen) atoms. The van der Waals surface area contributed by atoms with Gasteiger partial charge < -0.3 is 16.8 Å². The van der Waals surface area contributed by atoms with Crippen molar-refractivity contribution in [3.05, 3.63) is 71.3 Å². The Hall–Kier alpha value is -3.24. The third kappa shape index (κ3) is 5.68. The lowest BCUT2D eigenvalue weighted by Gasteiger charge is -2.19. The summed E-state index contributed by atoms with van der Waals surface area (Å²) in [6, 6.07) is 13.9. The van der Waals surface area contributed by atoms with E-state index >= 15 is 0 Å². The molecule has 0 radical (unpaired) electrons. The van der Waals surface area contributed by atoms with Crippen LogP contribution in [0.3, 0.4) is 0 Å². The molecule has 1 aliphatic heterocycles. The number of hydrogen-bond donors (Lipinski definition) is 4. The second-order valence-corrected chi connectivity index (χ2v) is 9.33. The first-order chi connectivity index (χ1) is 14.7. The van der Waals surface area contributed by atoms with Gasteiger partial charge in [-0.25, -0.2) is 8.42 Å². The smallest absolute Gasteiger partial charge is 0.242 e. The first-order valence-electron chi connectivity index (χ1n) is 9.68.